The fourth-order valence-corrected chi connectivity index (χ4v) is 1.46. The molecular formula is C13H21N3O. The van der Waals surface area contributed by atoms with E-state index in [2.05, 4.69) is 17.2 Å². The van der Waals surface area contributed by atoms with Gasteiger partial charge in [-0.3, -0.25) is 9.78 Å². The van der Waals surface area contributed by atoms with Gasteiger partial charge in [0.05, 0.1) is 12.2 Å². The lowest BCUT2D eigenvalue weighted by Crippen LogP contribution is -2.35. The zero-order valence-electron chi connectivity index (χ0n) is 10.6. The number of likely N-dealkylation sites (N-methyl/N-ethyl adjacent to an activating group) is 1. The van der Waals surface area contributed by atoms with Crippen LogP contribution in [0.4, 0.5) is 0 Å². The average molecular weight is 235 g/mol. The number of carbonyl (C=O) groups is 1. The first-order valence-electron chi connectivity index (χ1n) is 6.08. The summed E-state index contributed by atoms with van der Waals surface area (Å²) in [6.07, 6.45) is 3.92. The van der Waals surface area contributed by atoms with E-state index in [-0.39, 0.29) is 5.91 Å². The van der Waals surface area contributed by atoms with Crippen molar-refractivity contribution in [2.45, 2.75) is 26.3 Å². The van der Waals surface area contributed by atoms with Gasteiger partial charge in [0.1, 0.15) is 0 Å². The van der Waals surface area contributed by atoms with Gasteiger partial charge in [0.25, 0.3) is 0 Å². The van der Waals surface area contributed by atoms with Crippen LogP contribution >= 0.6 is 0 Å². The molecule has 0 atom stereocenters. The van der Waals surface area contributed by atoms with Crippen LogP contribution in [-0.2, 0) is 11.3 Å². The highest BCUT2D eigenvalue weighted by molar-refractivity contribution is 5.77. The highest BCUT2D eigenvalue weighted by Crippen LogP contribution is 1.94. The molecule has 0 fully saturated rings. The summed E-state index contributed by atoms with van der Waals surface area (Å²) in [6.45, 7) is 3.96. The van der Waals surface area contributed by atoms with Crippen LogP contribution in [0.25, 0.3) is 0 Å². The highest BCUT2D eigenvalue weighted by Gasteiger charge is 2.06. The molecule has 17 heavy (non-hydrogen) atoms. The van der Waals surface area contributed by atoms with Crippen LogP contribution in [0.15, 0.2) is 24.4 Å². The predicted octanol–water partition coefficient (Wildman–Crippen LogP) is 1.43. The van der Waals surface area contributed by atoms with Gasteiger partial charge < -0.3 is 10.2 Å². The van der Waals surface area contributed by atoms with Gasteiger partial charge in [-0.15, -0.1) is 0 Å². The molecule has 0 unspecified atom stereocenters. The second-order valence-electron chi connectivity index (χ2n) is 4.09. The second-order valence-corrected chi connectivity index (χ2v) is 4.09. The Morgan fingerprint density at radius 2 is 2.29 bits per heavy atom. The maximum Gasteiger partial charge on any atom is 0.236 e. The quantitative estimate of drug-likeness (QED) is 0.777. The van der Waals surface area contributed by atoms with E-state index in [0.717, 1.165) is 25.1 Å². The smallest absolute Gasteiger partial charge is 0.236 e. The van der Waals surface area contributed by atoms with E-state index in [9.17, 15) is 4.79 Å². The van der Waals surface area contributed by atoms with Gasteiger partial charge in [0, 0.05) is 26.3 Å². The van der Waals surface area contributed by atoms with Crippen LogP contribution < -0.4 is 5.32 Å². The molecule has 0 aromatic carbocycles. The molecule has 4 nitrogen and oxygen atoms in total. The van der Waals surface area contributed by atoms with Gasteiger partial charge in [0.2, 0.25) is 5.91 Å². The van der Waals surface area contributed by atoms with Crippen molar-refractivity contribution in [2.75, 3.05) is 20.1 Å². The zero-order valence-corrected chi connectivity index (χ0v) is 10.6. The molecule has 1 aromatic rings. The molecule has 0 radical (unpaired) electrons. The summed E-state index contributed by atoms with van der Waals surface area (Å²) < 4.78 is 0. The molecule has 4 heteroatoms. The lowest BCUT2D eigenvalue weighted by Gasteiger charge is -2.16. The maximum absolute atomic E-state index is 11.7. The van der Waals surface area contributed by atoms with Crippen LogP contribution in [0.2, 0.25) is 0 Å². The largest absolute Gasteiger partial charge is 0.345 e. The summed E-state index contributed by atoms with van der Waals surface area (Å²) in [5, 5.41) is 3.11. The molecule has 1 rings (SSSR count). The number of nitrogens with one attached hydrogen (secondary N) is 1. The van der Waals surface area contributed by atoms with Gasteiger partial charge in [-0.1, -0.05) is 19.4 Å². The van der Waals surface area contributed by atoms with Crippen molar-refractivity contribution in [1.82, 2.24) is 15.2 Å². The number of aromatic nitrogens is 1. The molecule has 1 heterocycles. The van der Waals surface area contributed by atoms with Gasteiger partial charge in [-0.05, 0) is 18.6 Å². The first kappa shape index (κ1) is 13.6. The summed E-state index contributed by atoms with van der Waals surface area (Å²) in [5.41, 5.74) is 0.955. The van der Waals surface area contributed by atoms with Crippen molar-refractivity contribution in [3.8, 4) is 0 Å². The summed E-state index contributed by atoms with van der Waals surface area (Å²) in [6, 6.07) is 5.77. The minimum Gasteiger partial charge on any atom is -0.345 e. The number of rotatable bonds is 7. The minimum absolute atomic E-state index is 0.134. The maximum atomic E-state index is 11.7. The van der Waals surface area contributed by atoms with E-state index in [1.807, 2.05) is 25.2 Å². The van der Waals surface area contributed by atoms with E-state index < -0.39 is 0 Å². The third kappa shape index (κ3) is 5.45. The number of hydrogen-bond donors (Lipinski definition) is 1. The van der Waals surface area contributed by atoms with Gasteiger partial charge >= 0.3 is 0 Å². The predicted molar refractivity (Wildman–Crippen MR) is 68.5 cm³/mol. The zero-order chi connectivity index (χ0) is 12.5. The fourth-order valence-electron chi connectivity index (χ4n) is 1.46. The van der Waals surface area contributed by atoms with E-state index in [1.54, 1.807) is 11.1 Å². The first-order chi connectivity index (χ1) is 8.24. The molecule has 0 saturated heterocycles. The Kier molecular flexibility index (Phi) is 6.25. The number of pyridine rings is 1. The molecule has 0 aliphatic rings. The third-order valence-corrected chi connectivity index (χ3v) is 2.58. The Bertz CT molecular complexity index is 327. The normalized spacial score (nSPS) is 10.2. The van der Waals surface area contributed by atoms with E-state index in [0.29, 0.717) is 13.1 Å². The highest BCUT2D eigenvalue weighted by atomic mass is 16.2. The van der Waals surface area contributed by atoms with E-state index in [1.165, 1.54) is 0 Å². The molecule has 0 aliphatic carbocycles. The van der Waals surface area contributed by atoms with Gasteiger partial charge in [0.15, 0.2) is 0 Å². The topological polar surface area (TPSA) is 45.2 Å². The van der Waals surface area contributed by atoms with Gasteiger partial charge in [-0.2, -0.15) is 0 Å². The Hall–Kier alpha value is -1.42. The molecule has 0 spiro atoms. The molecule has 0 saturated carbocycles. The Labute approximate surface area is 103 Å². The Morgan fingerprint density at radius 3 is 2.94 bits per heavy atom. The van der Waals surface area contributed by atoms with E-state index >= 15 is 0 Å². The molecule has 94 valence electrons. The first-order valence-corrected chi connectivity index (χ1v) is 6.08. The molecule has 1 aromatic heterocycles. The molecule has 0 bridgehead atoms. The van der Waals surface area contributed by atoms with Crippen LogP contribution in [0.1, 0.15) is 25.5 Å². The SMILES string of the molecule is CCCCN(C)C(=O)CNCc1ccccn1. The standard InChI is InChI=1S/C13H21N3O/c1-3-4-9-16(2)13(17)11-14-10-12-7-5-6-8-15-12/h5-8,14H,3-4,9-11H2,1-2H3. The molecule has 1 amide bonds. The second kappa shape index (κ2) is 7.79. The van der Waals surface area contributed by atoms with E-state index in [4.69, 9.17) is 0 Å². The third-order valence-electron chi connectivity index (χ3n) is 2.58. The van der Waals surface area contributed by atoms with Crippen molar-refractivity contribution < 1.29 is 4.79 Å². The van der Waals surface area contributed by atoms with Crippen molar-refractivity contribution in [2.24, 2.45) is 0 Å². The summed E-state index contributed by atoms with van der Waals surface area (Å²) in [7, 11) is 1.85. The number of carbonyl (C=O) groups excluding carboxylic acids is 1. The summed E-state index contributed by atoms with van der Waals surface area (Å²) in [5.74, 6) is 0.134. The van der Waals surface area contributed by atoms with Crippen LogP contribution in [0.5, 0.6) is 0 Å². The number of amides is 1. The number of nitrogens with zero attached hydrogens (tertiary/aromatic N) is 2. The number of unbranched alkanes of at least 4 members (excludes halogenated alkanes) is 1. The summed E-state index contributed by atoms with van der Waals surface area (Å²) >= 11 is 0. The lowest BCUT2D eigenvalue weighted by molar-refractivity contribution is -0.129. The van der Waals surface area contributed by atoms with Crippen molar-refractivity contribution >= 4 is 5.91 Å². The van der Waals surface area contributed by atoms with Crippen LogP contribution in [-0.4, -0.2) is 35.9 Å². The molecule has 1 N–H and O–H groups in total. The van der Waals surface area contributed by atoms with Gasteiger partial charge in [-0.25, -0.2) is 0 Å². The van der Waals surface area contributed by atoms with Crippen molar-refractivity contribution in [3.63, 3.8) is 0 Å². The Balaban J connectivity index is 2.20. The summed E-state index contributed by atoms with van der Waals surface area (Å²) in [4.78, 5) is 17.6. The molecular weight excluding hydrogens is 214 g/mol. The van der Waals surface area contributed by atoms with Crippen molar-refractivity contribution in [3.05, 3.63) is 30.1 Å². The Morgan fingerprint density at radius 1 is 1.47 bits per heavy atom. The van der Waals surface area contributed by atoms with Crippen LogP contribution in [0, 0.1) is 0 Å². The lowest BCUT2D eigenvalue weighted by atomic mass is 10.3. The average Bonchev–Trinajstić information content (AvgIpc) is 2.37. The van der Waals surface area contributed by atoms with Crippen LogP contribution in [0.3, 0.4) is 0 Å². The number of hydrogen-bond acceptors (Lipinski definition) is 3. The monoisotopic (exact) mass is 235 g/mol. The molecule has 0 aliphatic heterocycles. The fraction of sp³-hybridized carbons (Fsp3) is 0.538. The van der Waals surface area contributed by atoms with Crippen molar-refractivity contribution in [1.29, 1.82) is 0 Å². The minimum atomic E-state index is 0.134.